The second-order valence-corrected chi connectivity index (χ2v) is 5.88. The van der Waals surface area contributed by atoms with E-state index >= 15 is 0 Å². The summed E-state index contributed by atoms with van der Waals surface area (Å²) < 4.78 is 32.5. The molecule has 2 heterocycles. The highest BCUT2D eigenvalue weighted by atomic mass is 19.1. The van der Waals surface area contributed by atoms with Gasteiger partial charge in [0.15, 0.2) is 5.82 Å². The molecule has 118 valence electrons. The predicted molar refractivity (Wildman–Crippen MR) is 77.1 cm³/mol. The second-order valence-electron chi connectivity index (χ2n) is 5.88. The number of hydrogen-bond donors (Lipinski definition) is 0. The lowest BCUT2D eigenvalue weighted by Crippen LogP contribution is -2.36. The molecule has 0 amide bonds. The number of halogens is 2. The monoisotopic (exact) mass is 307 g/mol. The van der Waals surface area contributed by atoms with Crippen LogP contribution in [0, 0.1) is 24.5 Å². The third-order valence-corrected chi connectivity index (χ3v) is 4.09. The second kappa shape index (κ2) is 6.52. The summed E-state index contributed by atoms with van der Waals surface area (Å²) in [5.41, 5.74) is 0.151. The molecule has 0 saturated carbocycles. The molecular weight excluding hydrogens is 288 g/mol. The molecule has 0 aliphatic carbocycles. The molecule has 3 rings (SSSR count). The van der Waals surface area contributed by atoms with Crippen LogP contribution in [0.15, 0.2) is 22.7 Å². The summed E-state index contributed by atoms with van der Waals surface area (Å²) >= 11 is 0. The van der Waals surface area contributed by atoms with Crippen molar-refractivity contribution in [1.82, 2.24) is 15.0 Å². The van der Waals surface area contributed by atoms with Crippen molar-refractivity contribution < 1.29 is 13.3 Å². The zero-order valence-corrected chi connectivity index (χ0v) is 12.6. The molecule has 1 aliphatic heterocycles. The molecule has 0 unspecified atom stereocenters. The van der Waals surface area contributed by atoms with Crippen LogP contribution in [-0.4, -0.2) is 28.1 Å². The Bertz CT molecular complexity index is 624. The normalized spacial score (nSPS) is 19.5. The molecule has 1 aromatic carbocycles. The van der Waals surface area contributed by atoms with Crippen molar-refractivity contribution in [2.45, 2.75) is 32.7 Å². The summed E-state index contributed by atoms with van der Waals surface area (Å²) in [5.74, 6) is 0.713. The summed E-state index contributed by atoms with van der Waals surface area (Å²) in [6.07, 6.45) is 2.83. The first-order valence-electron chi connectivity index (χ1n) is 7.56. The first-order valence-corrected chi connectivity index (χ1v) is 7.56. The van der Waals surface area contributed by atoms with Gasteiger partial charge in [-0.25, -0.2) is 8.78 Å². The van der Waals surface area contributed by atoms with Crippen molar-refractivity contribution in [3.05, 3.63) is 47.1 Å². The van der Waals surface area contributed by atoms with Crippen molar-refractivity contribution >= 4 is 0 Å². The highest BCUT2D eigenvalue weighted by Gasteiger charge is 2.23. The third-order valence-electron chi connectivity index (χ3n) is 4.09. The van der Waals surface area contributed by atoms with Crippen molar-refractivity contribution in [3.63, 3.8) is 0 Å². The van der Waals surface area contributed by atoms with Crippen molar-refractivity contribution in [1.29, 1.82) is 0 Å². The van der Waals surface area contributed by atoms with Gasteiger partial charge in [-0.3, -0.25) is 4.90 Å². The van der Waals surface area contributed by atoms with E-state index < -0.39 is 11.6 Å². The number of rotatable bonds is 4. The number of nitrogens with zero attached hydrogens (tertiary/aromatic N) is 3. The lowest BCUT2D eigenvalue weighted by molar-refractivity contribution is 0.161. The van der Waals surface area contributed by atoms with Crippen LogP contribution < -0.4 is 0 Å². The Morgan fingerprint density at radius 2 is 2.09 bits per heavy atom. The molecule has 0 N–H and O–H groups in total. The SMILES string of the molecule is Cc1nc(C[C@@H]2CCCN(Cc3c(F)cccc3F)C2)no1. The quantitative estimate of drug-likeness (QED) is 0.870. The smallest absolute Gasteiger partial charge is 0.223 e. The van der Waals surface area contributed by atoms with Gasteiger partial charge in [-0.1, -0.05) is 11.2 Å². The average Bonchev–Trinajstić information content (AvgIpc) is 2.89. The van der Waals surface area contributed by atoms with Gasteiger partial charge >= 0.3 is 0 Å². The maximum atomic E-state index is 13.8. The van der Waals surface area contributed by atoms with Crippen LogP contribution in [0.25, 0.3) is 0 Å². The molecule has 2 aromatic rings. The van der Waals surface area contributed by atoms with E-state index in [9.17, 15) is 8.78 Å². The van der Waals surface area contributed by atoms with Gasteiger partial charge in [0.05, 0.1) is 0 Å². The van der Waals surface area contributed by atoms with E-state index in [1.54, 1.807) is 6.92 Å². The fourth-order valence-corrected chi connectivity index (χ4v) is 3.05. The van der Waals surface area contributed by atoms with Crippen LogP contribution in [0.1, 0.15) is 30.1 Å². The largest absolute Gasteiger partial charge is 0.340 e. The van der Waals surface area contributed by atoms with Gasteiger partial charge in [-0.2, -0.15) is 4.98 Å². The van der Waals surface area contributed by atoms with Crippen LogP contribution >= 0.6 is 0 Å². The van der Waals surface area contributed by atoms with Crippen LogP contribution in [0.2, 0.25) is 0 Å². The van der Waals surface area contributed by atoms with E-state index in [0.717, 1.165) is 32.4 Å². The lowest BCUT2D eigenvalue weighted by Gasteiger charge is -2.32. The Morgan fingerprint density at radius 3 is 2.77 bits per heavy atom. The van der Waals surface area contributed by atoms with Crippen molar-refractivity contribution in [3.8, 4) is 0 Å². The van der Waals surface area contributed by atoms with E-state index in [2.05, 4.69) is 15.0 Å². The first-order chi connectivity index (χ1) is 10.6. The highest BCUT2D eigenvalue weighted by Crippen LogP contribution is 2.23. The molecule has 1 saturated heterocycles. The van der Waals surface area contributed by atoms with E-state index in [4.69, 9.17) is 4.52 Å². The Labute approximate surface area is 128 Å². The Hall–Kier alpha value is -1.82. The van der Waals surface area contributed by atoms with Gasteiger partial charge in [-0.15, -0.1) is 0 Å². The van der Waals surface area contributed by atoms with E-state index in [1.807, 2.05) is 0 Å². The van der Waals surface area contributed by atoms with Gasteiger partial charge in [-0.05, 0) is 37.4 Å². The van der Waals surface area contributed by atoms with Crippen LogP contribution in [0.4, 0.5) is 8.78 Å². The molecule has 1 atom stereocenters. The molecule has 0 radical (unpaired) electrons. The first kappa shape index (κ1) is 15.1. The van der Waals surface area contributed by atoms with Crippen LogP contribution in [0.5, 0.6) is 0 Å². The molecule has 22 heavy (non-hydrogen) atoms. The number of aromatic nitrogens is 2. The van der Waals surface area contributed by atoms with E-state index in [1.165, 1.54) is 18.2 Å². The summed E-state index contributed by atoms with van der Waals surface area (Å²) in [5, 5.41) is 3.92. The Morgan fingerprint density at radius 1 is 1.32 bits per heavy atom. The van der Waals surface area contributed by atoms with Gasteiger partial charge in [0, 0.05) is 32.0 Å². The Kier molecular flexibility index (Phi) is 4.47. The lowest BCUT2D eigenvalue weighted by atomic mass is 9.94. The number of hydrogen-bond acceptors (Lipinski definition) is 4. The molecule has 1 aliphatic rings. The highest BCUT2D eigenvalue weighted by molar-refractivity contribution is 5.19. The maximum absolute atomic E-state index is 13.8. The summed E-state index contributed by atoms with van der Waals surface area (Å²) in [6, 6.07) is 4.01. The molecular formula is C16H19F2N3O. The van der Waals surface area contributed by atoms with Gasteiger partial charge in [0.25, 0.3) is 0 Å². The average molecular weight is 307 g/mol. The number of benzene rings is 1. The molecule has 1 fully saturated rings. The van der Waals surface area contributed by atoms with Crippen molar-refractivity contribution in [2.75, 3.05) is 13.1 Å². The zero-order valence-electron chi connectivity index (χ0n) is 12.6. The van der Waals surface area contributed by atoms with Gasteiger partial charge < -0.3 is 4.52 Å². The summed E-state index contributed by atoms with van der Waals surface area (Å²) in [4.78, 5) is 6.33. The standard InChI is InChI=1S/C16H19F2N3O/c1-11-19-16(20-22-11)8-12-4-3-7-21(9-12)10-13-14(17)5-2-6-15(13)18/h2,5-6,12H,3-4,7-10H2,1H3/t12-/m0/s1. The molecule has 4 nitrogen and oxygen atoms in total. The molecule has 1 aromatic heterocycles. The summed E-state index contributed by atoms with van der Waals surface area (Å²) in [7, 11) is 0. The Balaban J connectivity index is 1.63. The van der Waals surface area contributed by atoms with Crippen LogP contribution in [0.3, 0.4) is 0 Å². The number of likely N-dealkylation sites (tertiary alicyclic amines) is 1. The number of aryl methyl sites for hydroxylation is 1. The van der Waals surface area contributed by atoms with E-state index in [0.29, 0.717) is 24.2 Å². The van der Waals surface area contributed by atoms with Gasteiger partial charge in [0.2, 0.25) is 5.89 Å². The fraction of sp³-hybridized carbons (Fsp3) is 0.500. The third kappa shape index (κ3) is 3.50. The minimum atomic E-state index is -0.476. The topological polar surface area (TPSA) is 42.2 Å². The minimum Gasteiger partial charge on any atom is -0.340 e. The maximum Gasteiger partial charge on any atom is 0.223 e. The molecule has 6 heteroatoms. The van der Waals surface area contributed by atoms with E-state index in [-0.39, 0.29) is 5.56 Å². The molecule has 0 spiro atoms. The van der Waals surface area contributed by atoms with Gasteiger partial charge in [0.1, 0.15) is 11.6 Å². The number of piperidine rings is 1. The van der Waals surface area contributed by atoms with Crippen LogP contribution in [-0.2, 0) is 13.0 Å². The fourth-order valence-electron chi connectivity index (χ4n) is 3.05. The predicted octanol–water partition coefficient (Wildman–Crippen LogP) is 3.11. The van der Waals surface area contributed by atoms with Crippen molar-refractivity contribution in [2.24, 2.45) is 5.92 Å². The minimum absolute atomic E-state index is 0.151. The summed E-state index contributed by atoms with van der Waals surface area (Å²) in [6.45, 7) is 3.72. The molecule has 0 bridgehead atoms. The zero-order chi connectivity index (χ0) is 15.5.